The van der Waals surface area contributed by atoms with Crippen molar-refractivity contribution in [2.45, 2.75) is 23.6 Å². The topological polar surface area (TPSA) is 132 Å². The van der Waals surface area contributed by atoms with Gasteiger partial charge in [-0.1, -0.05) is 48.0 Å². The van der Waals surface area contributed by atoms with E-state index in [0.29, 0.717) is 17.1 Å². The van der Waals surface area contributed by atoms with Crippen LogP contribution in [0.2, 0.25) is 5.02 Å². The Morgan fingerprint density at radius 3 is 2.40 bits per heavy atom. The molecule has 0 radical (unpaired) electrons. The Bertz CT molecular complexity index is 1740. The Morgan fingerprint density at radius 2 is 1.75 bits per heavy atom. The monoisotopic (exact) mass is 606 g/mol. The molecule has 0 spiro atoms. The maximum Gasteiger partial charge on any atom is 0.418 e. The zero-order chi connectivity index (χ0) is 29.1. The highest BCUT2D eigenvalue weighted by atomic mass is 35.5. The summed E-state index contributed by atoms with van der Waals surface area (Å²) in [5.41, 5.74) is 7.13. The van der Waals surface area contributed by atoms with Crippen molar-refractivity contribution >= 4 is 48.9 Å². The molecule has 0 fully saturated rings. The number of anilines is 1. The van der Waals surface area contributed by atoms with E-state index in [4.69, 9.17) is 22.5 Å². The first-order valence-electron chi connectivity index (χ1n) is 11.5. The van der Waals surface area contributed by atoms with Crippen LogP contribution >= 0.6 is 22.9 Å². The smallest absolute Gasteiger partial charge is 0.384 e. The molecule has 0 unspecified atom stereocenters. The number of hydrogen-bond acceptors (Lipinski definition) is 7. The van der Waals surface area contributed by atoms with Crippen molar-refractivity contribution in [3.8, 4) is 11.3 Å². The van der Waals surface area contributed by atoms with Crippen molar-refractivity contribution in [3.05, 3.63) is 106 Å². The Labute approximate surface area is 236 Å². The van der Waals surface area contributed by atoms with E-state index >= 15 is 0 Å². The summed E-state index contributed by atoms with van der Waals surface area (Å²) in [6.45, 7) is 0. The minimum Gasteiger partial charge on any atom is -0.384 e. The van der Waals surface area contributed by atoms with E-state index in [9.17, 15) is 26.7 Å². The Balaban J connectivity index is 0.000000283. The number of nitrogens with zero attached hydrogens (tertiary/aromatic N) is 2. The highest BCUT2D eigenvalue weighted by Crippen LogP contribution is 2.38. The normalized spacial score (nSPS) is 12.6. The van der Waals surface area contributed by atoms with Crippen molar-refractivity contribution < 1.29 is 26.7 Å². The van der Waals surface area contributed by atoms with Crippen molar-refractivity contribution in [2.75, 3.05) is 5.73 Å². The molecule has 0 aliphatic rings. The Hall–Kier alpha value is -3.55. The summed E-state index contributed by atoms with van der Waals surface area (Å²) in [5.74, 6) is 0.261. The van der Waals surface area contributed by atoms with Gasteiger partial charge in [0.1, 0.15) is 10.7 Å². The average Bonchev–Trinajstić information content (AvgIpc) is 3.32. The number of nitrogens with two attached hydrogens (primary N) is 2. The molecule has 5 rings (SSSR count). The van der Waals surface area contributed by atoms with E-state index in [0.717, 1.165) is 32.3 Å². The fourth-order valence-corrected chi connectivity index (χ4v) is 5.61. The largest absolute Gasteiger partial charge is 0.418 e. The lowest BCUT2D eigenvalue weighted by Gasteiger charge is -2.15. The van der Waals surface area contributed by atoms with Crippen LogP contribution in [-0.4, -0.2) is 29.7 Å². The van der Waals surface area contributed by atoms with E-state index in [1.807, 2.05) is 42.5 Å². The van der Waals surface area contributed by atoms with Gasteiger partial charge in [0.05, 0.1) is 5.69 Å². The van der Waals surface area contributed by atoms with Crippen LogP contribution in [0.1, 0.15) is 22.1 Å². The molecule has 7 nitrogen and oxygen atoms in total. The predicted molar refractivity (Wildman–Crippen MR) is 150 cm³/mol. The molecule has 0 amide bonds. The Morgan fingerprint density at radius 1 is 1.00 bits per heavy atom. The van der Waals surface area contributed by atoms with Crippen molar-refractivity contribution in [3.63, 3.8) is 0 Å². The lowest BCUT2D eigenvalue weighted by atomic mass is 10.0. The van der Waals surface area contributed by atoms with E-state index < -0.39 is 22.3 Å². The number of rotatable bonds is 5. The van der Waals surface area contributed by atoms with Crippen LogP contribution < -0.4 is 10.9 Å². The van der Waals surface area contributed by atoms with E-state index in [1.165, 1.54) is 30.5 Å². The van der Waals surface area contributed by atoms with Gasteiger partial charge in [0.25, 0.3) is 0 Å². The molecule has 5 aromatic rings. The predicted octanol–water partition coefficient (Wildman–Crippen LogP) is 6.11. The highest BCUT2D eigenvalue weighted by molar-refractivity contribution is 7.89. The van der Waals surface area contributed by atoms with Crippen molar-refractivity contribution in [1.29, 1.82) is 0 Å². The maximum absolute atomic E-state index is 12.9. The summed E-state index contributed by atoms with van der Waals surface area (Å²) in [6.07, 6.45) is -4.20. The first-order valence-corrected chi connectivity index (χ1v) is 14.3. The molecule has 13 heteroatoms. The molecule has 2 aromatic carbocycles. The van der Waals surface area contributed by atoms with Gasteiger partial charge in [0, 0.05) is 39.0 Å². The molecular weight excluding hydrogens is 585 g/mol. The van der Waals surface area contributed by atoms with Crippen LogP contribution in [-0.2, 0) is 16.4 Å². The molecule has 5 N–H and O–H groups in total. The molecular formula is C27H22ClF3N4O3S2. The Kier molecular flexibility index (Phi) is 8.76. The second-order valence-corrected chi connectivity index (χ2v) is 11.7. The number of alkyl halides is 3. The third-order valence-electron chi connectivity index (χ3n) is 5.69. The molecule has 40 heavy (non-hydrogen) atoms. The van der Waals surface area contributed by atoms with E-state index in [-0.39, 0.29) is 16.3 Å². The van der Waals surface area contributed by atoms with Gasteiger partial charge in [-0.3, -0.25) is 4.98 Å². The molecule has 0 saturated heterocycles. The molecule has 3 aromatic heterocycles. The van der Waals surface area contributed by atoms with Gasteiger partial charge in [0.15, 0.2) is 6.10 Å². The third-order valence-corrected chi connectivity index (χ3v) is 8.14. The minimum absolute atomic E-state index is 0.0355. The summed E-state index contributed by atoms with van der Waals surface area (Å²) >= 11 is 7.82. The summed E-state index contributed by atoms with van der Waals surface area (Å²) in [5, 5.41) is 16.1. The number of nitrogen functional groups attached to an aromatic ring is 1. The van der Waals surface area contributed by atoms with Crippen molar-refractivity contribution in [1.82, 2.24) is 9.97 Å². The summed E-state index contributed by atoms with van der Waals surface area (Å²) in [4.78, 5) is 8.86. The van der Waals surface area contributed by atoms with Crippen LogP contribution in [0, 0.1) is 0 Å². The molecule has 0 aliphatic heterocycles. The number of benzene rings is 2. The van der Waals surface area contributed by atoms with Gasteiger partial charge in [-0.25, -0.2) is 18.5 Å². The first kappa shape index (κ1) is 29.4. The van der Waals surface area contributed by atoms with Gasteiger partial charge in [-0.2, -0.15) is 13.2 Å². The molecule has 0 saturated carbocycles. The summed E-state index contributed by atoms with van der Waals surface area (Å²) < 4.78 is 60.9. The maximum atomic E-state index is 12.9. The van der Waals surface area contributed by atoms with Gasteiger partial charge < -0.3 is 10.8 Å². The molecule has 3 heterocycles. The summed E-state index contributed by atoms with van der Waals surface area (Å²) in [6, 6.07) is 20.5. The lowest BCUT2D eigenvalue weighted by molar-refractivity contribution is -0.206. The van der Waals surface area contributed by atoms with Crippen LogP contribution in [0.3, 0.4) is 0 Å². The fraction of sp³-hybridized carbons (Fsp3) is 0.111. The highest BCUT2D eigenvalue weighted by Gasteiger charge is 2.39. The van der Waals surface area contributed by atoms with Crippen LogP contribution in [0.25, 0.3) is 21.3 Å². The number of halogens is 4. The number of pyridine rings is 2. The van der Waals surface area contributed by atoms with Gasteiger partial charge in [0.2, 0.25) is 10.0 Å². The number of thiophene rings is 1. The zero-order valence-electron chi connectivity index (χ0n) is 20.5. The average molecular weight is 607 g/mol. The number of aliphatic hydroxyl groups excluding tert-OH is 1. The second-order valence-electron chi connectivity index (χ2n) is 8.59. The number of hydrogen-bond donors (Lipinski definition) is 3. The second kappa shape index (κ2) is 11.9. The van der Waals surface area contributed by atoms with Gasteiger partial charge in [-0.05, 0) is 52.9 Å². The number of aliphatic hydroxyl groups is 1. The molecule has 0 aliphatic carbocycles. The molecule has 0 bridgehead atoms. The van der Waals surface area contributed by atoms with Crippen LogP contribution in [0.5, 0.6) is 0 Å². The third kappa shape index (κ3) is 7.14. The number of aromatic nitrogens is 2. The number of fused-ring (bicyclic) bond motifs is 1. The standard InChI is InChI=1S/C22H15ClF3NOS.C5H7N3O2S/c23-18-7-2-1-4-13(18)10-16-11-14-5-3-6-17(20(14)29-16)19-12-15(8-9-27-19)21(28)22(24,25)26;6-5-2-1-4(3-8-5)11(7,9)10/h1-9,11-12,21,28H,10H2;1-3H,(H2,6,8)(H2,7,9,10)/t21-;/m1./s1. The van der Waals surface area contributed by atoms with Crippen LogP contribution in [0.15, 0.2) is 90.1 Å². The molecule has 1 atom stereocenters. The quantitative estimate of drug-likeness (QED) is 0.221. The SMILES string of the molecule is Nc1ccc(S(N)(=O)=O)cn1.O[C@H](c1ccnc(-c2cccc3cc(Cc4ccccc4Cl)sc23)c1)C(F)(F)F. The fourth-order valence-electron chi connectivity index (χ4n) is 3.75. The van der Waals surface area contributed by atoms with Crippen molar-refractivity contribution in [2.24, 2.45) is 5.14 Å². The number of sulfonamides is 1. The van der Waals surface area contributed by atoms with E-state index in [1.54, 1.807) is 11.3 Å². The number of primary sulfonamides is 1. The lowest BCUT2D eigenvalue weighted by Crippen LogP contribution is -2.20. The zero-order valence-corrected chi connectivity index (χ0v) is 22.9. The first-order chi connectivity index (χ1) is 18.8. The minimum atomic E-state index is -4.73. The van der Waals surface area contributed by atoms with E-state index in [2.05, 4.69) is 16.0 Å². The van der Waals surface area contributed by atoms with Crippen LogP contribution in [0.4, 0.5) is 19.0 Å². The van der Waals surface area contributed by atoms with Gasteiger partial charge >= 0.3 is 6.18 Å². The van der Waals surface area contributed by atoms with Gasteiger partial charge in [-0.15, -0.1) is 11.3 Å². The summed E-state index contributed by atoms with van der Waals surface area (Å²) in [7, 11) is -3.64. The molecule has 208 valence electrons.